The molecule has 0 saturated carbocycles. The third kappa shape index (κ3) is 3.10. The summed E-state index contributed by atoms with van der Waals surface area (Å²) in [7, 11) is 0. The minimum absolute atomic E-state index is 0.185. The number of aromatic nitrogens is 3. The van der Waals surface area contributed by atoms with Gasteiger partial charge >= 0.3 is 0 Å². The van der Waals surface area contributed by atoms with Gasteiger partial charge in [-0.1, -0.05) is 30.3 Å². The van der Waals surface area contributed by atoms with E-state index in [2.05, 4.69) is 15.3 Å². The summed E-state index contributed by atoms with van der Waals surface area (Å²) in [6.07, 6.45) is 5.94. The second kappa shape index (κ2) is 7.44. The van der Waals surface area contributed by atoms with Crippen LogP contribution < -0.4 is 10.2 Å². The molecule has 4 aromatic rings. The van der Waals surface area contributed by atoms with Crippen LogP contribution in [-0.4, -0.2) is 32.7 Å². The lowest BCUT2D eigenvalue weighted by molar-refractivity contribution is 0.0940. The van der Waals surface area contributed by atoms with E-state index >= 15 is 0 Å². The number of carbonyl (C=O) groups excluding carboxylic acids is 2. The molecule has 7 heteroatoms. The summed E-state index contributed by atoms with van der Waals surface area (Å²) >= 11 is 0. The van der Waals surface area contributed by atoms with Crippen LogP contribution in [0, 0.1) is 0 Å². The molecule has 4 heterocycles. The molecule has 0 unspecified atom stereocenters. The number of pyridine rings is 2. The minimum atomic E-state index is -0.346. The number of anilines is 1. The Balaban J connectivity index is 1.47. The van der Waals surface area contributed by atoms with E-state index < -0.39 is 0 Å². The molecule has 0 fully saturated rings. The summed E-state index contributed by atoms with van der Waals surface area (Å²) in [5.41, 5.74) is 3.82. The van der Waals surface area contributed by atoms with E-state index in [0.29, 0.717) is 18.6 Å². The summed E-state index contributed by atoms with van der Waals surface area (Å²) in [6, 6.07) is 17.0. The summed E-state index contributed by atoms with van der Waals surface area (Å²) in [6.45, 7) is 0.934. The predicted molar refractivity (Wildman–Crippen MR) is 112 cm³/mol. The second-order valence-electron chi connectivity index (χ2n) is 7.12. The first-order valence-corrected chi connectivity index (χ1v) is 9.76. The van der Waals surface area contributed by atoms with Gasteiger partial charge in [0.25, 0.3) is 11.8 Å². The molecule has 0 radical (unpaired) electrons. The van der Waals surface area contributed by atoms with Gasteiger partial charge in [-0.05, 0) is 41.8 Å². The van der Waals surface area contributed by atoms with Gasteiger partial charge < -0.3 is 10.2 Å². The number of amides is 2. The molecule has 148 valence electrons. The summed E-state index contributed by atoms with van der Waals surface area (Å²) in [5.74, 6) is -0.360. The Labute approximate surface area is 173 Å². The molecule has 0 spiro atoms. The highest BCUT2D eigenvalue weighted by atomic mass is 16.2. The summed E-state index contributed by atoms with van der Waals surface area (Å²) < 4.78 is 1.66. The fourth-order valence-corrected chi connectivity index (χ4v) is 3.80. The average molecular weight is 397 g/mol. The lowest BCUT2D eigenvalue weighted by Crippen LogP contribution is -2.29. The number of benzene rings is 1. The normalized spacial score (nSPS) is 12.7. The minimum Gasteiger partial charge on any atom is -0.345 e. The Bertz CT molecular complexity index is 1250. The van der Waals surface area contributed by atoms with Crippen molar-refractivity contribution in [1.29, 1.82) is 0 Å². The van der Waals surface area contributed by atoms with Crippen LogP contribution in [-0.2, 0) is 13.0 Å². The van der Waals surface area contributed by atoms with Gasteiger partial charge in [0.15, 0.2) is 5.69 Å². The molecular formula is C23H19N5O2. The Hall–Kier alpha value is -4.00. The van der Waals surface area contributed by atoms with Gasteiger partial charge in [-0.2, -0.15) is 0 Å². The highest BCUT2D eigenvalue weighted by Crippen LogP contribution is 2.29. The van der Waals surface area contributed by atoms with Crippen molar-refractivity contribution >= 4 is 23.0 Å². The predicted octanol–water partition coefficient (Wildman–Crippen LogP) is 2.86. The van der Waals surface area contributed by atoms with Gasteiger partial charge in [0.05, 0.1) is 5.52 Å². The van der Waals surface area contributed by atoms with Gasteiger partial charge in [0.1, 0.15) is 0 Å². The molecule has 0 aliphatic carbocycles. The molecule has 1 aliphatic heterocycles. The maximum atomic E-state index is 13.3. The van der Waals surface area contributed by atoms with Crippen LogP contribution in [0.15, 0.2) is 73.2 Å². The van der Waals surface area contributed by atoms with E-state index in [0.717, 1.165) is 23.2 Å². The molecule has 7 nitrogen and oxygen atoms in total. The molecule has 1 aliphatic rings. The topological polar surface area (TPSA) is 79.6 Å². The van der Waals surface area contributed by atoms with Crippen molar-refractivity contribution in [3.63, 3.8) is 0 Å². The van der Waals surface area contributed by atoms with Crippen molar-refractivity contribution in [3.05, 3.63) is 95.8 Å². The summed E-state index contributed by atoms with van der Waals surface area (Å²) in [4.78, 5) is 36.5. The maximum absolute atomic E-state index is 13.3. The third-order valence-electron chi connectivity index (χ3n) is 5.26. The van der Waals surface area contributed by atoms with Crippen LogP contribution in [0.1, 0.15) is 32.2 Å². The molecule has 0 saturated heterocycles. The van der Waals surface area contributed by atoms with E-state index in [1.807, 2.05) is 48.5 Å². The van der Waals surface area contributed by atoms with Crippen molar-refractivity contribution in [2.24, 2.45) is 0 Å². The molecule has 0 atom stereocenters. The number of hydrogen-bond acceptors (Lipinski definition) is 4. The molecule has 1 aromatic carbocycles. The number of rotatable bonds is 4. The largest absolute Gasteiger partial charge is 0.345 e. The van der Waals surface area contributed by atoms with Crippen LogP contribution >= 0.6 is 0 Å². The molecule has 1 N–H and O–H groups in total. The number of nitrogens with one attached hydrogen (secondary N) is 1. The fourth-order valence-electron chi connectivity index (χ4n) is 3.80. The van der Waals surface area contributed by atoms with E-state index in [1.165, 1.54) is 0 Å². The smallest absolute Gasteiger partial charge is 0.287 e. The van der Waals surface area contributed by atoms with Gasteiger partial charge in [-0.3, -0.25) is 19.0 Å². The van der Waals surface area contributed by atoms with Gasteiger partial charge in [0.2, 0.25) is 5.82 Å². The Morgan fingerprint density at radius 1 is 1.03 bits per heavy atom. The zero-order chi connectivity index (χ0) is 20.5. The lowest BCUT2D eigenvalue weighted by Gasteiger charge is -2.16. The van der Waals surface area contributed by atoms with E-state index in [4.69, 9.17) is 0 Å². The van der Waals surface area contributed by atoms with Gasteiger partial charge in [-0.25, -0.2) is 4.98 Å². The monoisotopic (exact) mass is 397 g/mol. The zero-order valence-electron chi connectivity index (χ0n) is 16.2. The van der Waals surface area contributed by atoms with Crippen molar-refractivity contribution in [3.8, 4) is 0 Å². The Morgan fingerprint density at radius 3 is 2.77 bits per heavy atom. The Morgan fingerprint density at radius 2 is 1.90 bits per heavy atom. The zero-order valence-corrected chi connectivity index (χ0v) is 16.2. The number of nitrogens with zero attached hydrogens (tertiary/aromatic N) is 4. The first-order chi connectivity index (χ1) is 14.7. The van der Waals surface area contributed by atoms with E-state index in [-0.39, 0.29) is 23.3 Å². The lowest BCUT2D eigenvalue weighted by atomic mass is 10.2. The molecule has 5 rings (SSSR count). The van der Waals surface area contributed by atoms with Crippen LogP contribution in [0.25, 0.3) is 5.52 Å². The standard InChI is InChI=1S/C23H19N5O2/c29-22(25-15-16-6-5-11-24-14-16)21-26-20(19-9-3-4-12-27(19)21)23(30)28-13-10-17-7-1-2-8-18(17)28/h1-9,11-12,14H,10,13,15H2,(H,25,29). The van der Waals surface area contributed by atoms with Crippen molar-refractivity contribution in [1.82, 2.24) is 19.7 Å². The van der Waals surface area contributed by atoms with Crippen LogP contribution in [0.3, 0.4) is 0 Å². The molecule has 0 bridgehead atoms. The first-order valence-electron chi connectivity index (χ1n) is 9.76. The first kappa shape index (κ1) is 18.1. The fraction of sp³-hybridized carbons (Fsp3) is 0.130. The number of fused-ring (bicyclic) bond motifs is 2. The highest BCUT2D eigenvalue weighted by Gasteiger charge is 2.29. The van der Waals surface area contributed by atoms with Gasteiger partial charge in [-0.15, -0.1) is 0 Å². The molecular weight excluding hydrogens is 378 g/mol. The van der Waals surface area contributed by atoms with Crippen LogP contribution in [0.4, 0.5) is 5.69 Å². The number of imidazole rings is 1. The van der Waals surface area contributed by atoms with Gasteiger partial charge in [0, 0.05) is 37.4 Å². The van der Waals surface area contributed by atoms with Crippen molar-refractivity contribution in [2.75, 3.05) is 11.4 Å². The molecule has 30 heavy (non-hydrogen) atoms. The van der Waals surface area contributed by atoms with E-state index in [1.54, 1.807) is 34.0 Å². The number of hydrogen-bond donors (Lipinski definition) is 1. The Kier molecular flexibility index (Phi) is 4.48. The number of carbonyl (C=O) groups is 2. The quantitative estimate of drug-likeness (QED) is 0.574. The van der Waals surface area contributed by atoms with E-state index in [9.17, 15) is 9.59 Å². The number of para-hydroxylation sites is 1. The highest BCUT2D eigenvalue weighted by molar-refractivity contribution is 6.11. The second-order valence-corrected chi connectivity index (χ2v) is 7.12. The molecule has 3 aromatic heterocycles. The maximum Gasteiger partial charge on any atom is 0.287 e. The summed E-state index contributed by atoms with van der Waals surface area (Å²) in [5, 5.41) is 2.86. The van der Waals surface area contributed by atoms with Crippen LogP contribution in [0.2, 0.25) is 0 Å². The molecule has 2 amide bonds. The third-order valence-corrected chi connectivity index (χ3v) is 5.26. The average Bonchev–Trinajstić information content (AvgIpc) is 3.40. The van der Waals surface area contributed by atoms with Crippen molar-refractivity contribution in [2.45, 2.75) is 13.0 Å². The van der Waals surface area contributed by atoms with Crippen molar-refractivity contribution < 1.29 is 9.59 Å². The SMILES string of the molecule is O=C(NCc1cccnc1)c1nc(C(=O)N2CCc3ccccc32)c2ccccn12. The van der Waals surface area contributed by atoms with Crippen LogP contribution in [0.5, 0.6) is 0 Å².